The Morgan fingerprint density at radius 2 is 1.88 bits per heavy atom. The highest BCUT2D eigenvalue weighted by atomic mass is 35.5. The number of methoxy groups -OCH3 is 1. The third-order valence-corrected chi connectivity index (χ3v) is 2.34. The van der Waals surface area contributed by atoms with Gasteiger partial charge in [-0.2, -0.15) is 0 Å². The number of halogens is 1. The summed E-state index contributed by atoms with van der Waals surface area (Å²) in [5.41, 5.74) is 0.269. The summed E-state index contributed by atoms with van der Waals surface area (Å²) in [6.45, 7) is 2.17. The summed E-state index contributed by atoms with van der Waals surface area (Å²) >= 11 is 5.38. The van der Waals surface area contributed by atoms with Crippen LogP contribution in [0.1, 0.15) is 36.5 Å². The third kappa shape index (κ3) is 7.64. The second-order valence-corrected chi connectivity index (χ2v) is 3.81. The summed E-state index contributed by atoms with van der Waals surface area (Å²) in [5.74, 6) is 0.566. The Morgan fingerprint density at radius 1 is 1.29 bits per heavy atom. The second kappa shape index (κ2) is 9.97. The van der Waals surface area contributed by atoms with Gasteiger partial charge in [-0.05, 0) is 30.7 Å². The number of benzene rings is 1. The molecule has 3 nitrogen and oxygen atoms in total. The van der Waals surface area contributed by atoms with Gasteiger partial charge in [-0.25, -0.2) is 4.79 Å². The molecule has 0 aliphatic rings. The molecule has 17 heavy (non-hydrogen) atoms. The SMILES string of the molecule is CCCCCCl.COc1ccc(C(=O)O)cc1. The van der Waals surface area contributed by atoms with Gasteiger partial charge in [-0.15, -0.1) is 11.6 Å². The van der Waals surface area contributed by atoms with Crippen molar-refractivity contribution in [3.63, 3.8) is 0 Å². The number of ether oxygens (including phenoxy) is 1. The van der Waals surface area contributed by atoms with Crippen LogP contribution in [0.2, 0.25) is 0 Å². The maximum Gasteiger partial charge on any atom is 0.335 e. The van der Waals surface area contributed by atoms with Gasteiger partial charge in [-0.3, -0.25) is 0 Å². The zero-order valence-electron chi connectivity index (χ0n) is 10.3. The van der Waals surface area contributed by atoms with Gasteiger partial charge in [0, 0.05) is 5.88 Å². The molecule has 0 bridgehead atoms. The van der Waals surface area contributed by atoms with E-state index in [1.54, 1.807) is 12.1 Å². The molecule has 0 heterocycles. The second-order valence-electron chi connectivity index (χ2n) is 3.43. The molecule has 0 fully saturated rings. The van der Waals surface area contributed by atoms with Gasteiger partial charge >= 0.3 is 5.97 Å². The van der Waals surface area contributed by atoms with Crippen LogP contribution >= 0.6 is 11.6 Å². The average molecular weight is 259 g/mol. The first kappa shape index (κ1) is 15.8. The third-order valence-electron chi connectivity index (χ3n) is 2.07. The van der Waals surface area contributed by atoms with Gasteiger partial charge in [0.05, 0.1) is 12.7 Å². The Bertz CT molecular complexity index is 305. The lowest BCUT2D eigenvalue weighted by molar-refractivity contribution is 0.0697. The number of carbonyl (C=O) groups is 1. The molecular weight excluding hydrogens is 240 g/mol. The lowest BCUT2D eigenvalue weighted by Gasteiger charge is -1.98. The lowest BCUT2D eigenvalue weighted by atomic mass is 10.2. The van der Waals surface area contributed by atoms with Crippen molar-refractivity contribution in [1.29, 1.82) is 0 Å². The van der Waals surface area contributed by atoms with Crippen LogP contribution in [-0.2, 0) is 0 Å². The van der Waals surface area contributed by atoms with E-state index in [4.69, 9.17) is 21.4 Å². The Kier molecular flexibility index (Phi) is 9.25. The van der Waals surface area contributed by atoms with Gasteiger partial charge in [0.25, 0.3) is 0 Å². The zero-order chi connectivity index (χ0) is 13.1. The molecule has 1 aromatic rings. The molecule has 0 aliphatic carbocycles. The molecule has 0 aromatic heterocycles. The summed E-state index contributed by atoms with van der Waals surface area (Å²) in [7, 11) is 1.54. The minimum atomic E-state index is -0.923. The minimum Gasteiger partial charge on any atom is -0.497 e. The molecule has 0 aliphatic heterocycles. The predicted molar refractivity (Wildman–Crippen MR) is 70.2 cm³/mol. The Morgan fingerprint density at radius 3 is 2.18 bits per heavy atom. The van der Waals surface area contributed by atoms with Crippen LogP contribution in [0.25, 0.3) is 0 Å². The van der Waals surface area contributed by atoms with E-state index < -0.39 is 5.97 Å². The van der Waals surface area contributed by atoms with Crippen molar-refractivity contribution >= 4 is 17.6 Å². The molecule has 0 atom stereocenters. The number of unbranched alkanes of at least 4 members (excludes halogenated alkanes) is 2. The number of alkyl halides is 1. The van der Waals surface area contributed by atoms with E-state index in [0.29, 0.717) is 5.75 Å². The van der Waals surface area contributed by atoms with Crippen molar-refractivity contribution in [3.8, 4) is 5.75 Å². The highest BCUT2D eigenvalue weighted by Crippen LogP contribution is 2.10. The number of carboxylic acid groups (broad SMARTS) is 1. The predicted octanol–water partition coefficient (Wildman–Crippen LogP) is 3.81. The smallest absolute Gasteiger partial charge is 0.335 e. The first-order chi connectivity index (χ1) is 8.15. The van der Waals surface area contributed by atoms with E-state index >= 15 is 0 Å². The minimum absolute atomic E-state index is 0.269. The molecule has 96 valence electrons. The Labute approximate surface area is 107 Å². The van der Waals surface area contributed by atoms with Crippen molar-refractivity contribution in [3.05, 3.63) is 29.8 Å². The number of rotatable bonds is 5. The van der Waals surface area contributed by atoms with E-state index in [1.807, 2.05) is 0 Å². The largest absolute Gasteiger partial charge is 0.497 e. The van der Waals surface area contributed by atoms with Gasteiger partial charge in [0.15, 0.2) is 0 Å². The van der Waals surface area contributed by atoms with Crippen LogP contribution in [0.5, 0.6) is 5.75 Å². The van der Waals surface area contributed by atoms with Gasteiger partial charge < -0.3 is 9.84 Å². The first-order valence-corrected chi connectivity index (χ1v) is 6.12. The van der Waals surface area contributed by atoms with E-state index in [2.05, 4.69) is 6.92 Å². The summed E-state index contributed by atoms with van der Waals surface area (Å²) in [6.07, 6.45) is 3.73. The van der Waals surface area contributed by atoms with Crippen LogP contribution in [0.3, 0.4) is 0 Å². The normalized spacial score (nSPS) is 9.12. The van der Waals surface area contributed by atoms with E-state index in [0.717, 1.165) is 5.88 Å². The van der Waals surface area contributed by atoms with Crippen molar-refractivity contribution in [2.24, 2.45) is 0 Å². The van der Waals surface area contributed by atoms with Gasteiger partial charge in [-0.1, -0.05) is 19.8 Å². The van der Waals surface area contributed by atoms with Gasteiger partial charge in [0.1, 0.15) is 5.75 Å². The average Bonchev–Trinajstić information content (AvgIpc) is 2.37. The maximum absolute atomic E-state index is 10.4. The van der Waals surface area contributed by atoms with Crippen LogP contribution in [0.15, 0.2) is 24.3 Å². The fraction of sp³-hybridized carbons (Fsp3) is 0.462. The van der Waals surface area contributed by atoms with Crippen LogP contribution in [-0.4, -0.2) is 24.1 Å². The monoisotopic (exact) mass is 258 g/mol. The van der Waals surface area contributed by atoms with Crippen LogP contribution in [0, 0.1) is 0 Å². The molecule has 1 aromatic carbocycles. The molecule has 4 heteroatoms. The standard InChI is InChI=1S/C8H8O3.C5H11Cl/c1-11-7-4-2-6(3-5-7)8(9)10;1-2-3-4-5-6/h2-5H,1H3,(H,9,10);2-5H2,1H3. The summed E-state index contributed by atoms with van der Waals surface area (Å²) in [6, 6.07) is 6.23. The highest BCUT2D eigenvalue weighted by molar-refractivity contribution is 6.17. The van der Waals surface area contributed by atoms with Crippen molar-refractivity contribution < 1.29 is 14.6 Å². The summed E-state index contributed by atoms with van der Waals surface area (Å²) < 4.78 is 4.86. The van der Waals surface area contributed by atoms with Crippen LogP contribution < -0.4 is 4.74 Å². The topological polar surface area (TPSA) is 46.5 Å². The van der Waals surface area contributed by atoms with E-state index in [-0.39, 0.29) is 5.56 Å². The molecule has 1 N–H and O–H groups in total. The Balaban J connectivity index is 0.000000366. The van der Waals surface area contributed by atoms with Crippen molar-refractivity contribution in [2.45, 2.75) is 26.2 Å². The van der Waals surface area contributed by atoms with Crippen molar-refractivity contribution in [1.82, 2.24) is 0 Å². The molecule has 0 saturated carbocycles. The number of carboxylic acids is 1. The maximum atomic E-state index is 10.4. The fourth-order valence-corrected chi connectivity index (χ4v) is 1.27. The molecule has 0 radical (unpaired) electrons. The lowest BCUT2D eigenvalue weighted by Crippen LogP contribution is -1.95. The molecular formula is C13H19ClO3. The van der Waals surface area contributed by atoms with E-state index in [9.17, 15) is 4.79 Å². The summed E-state index contributed by atoms with van der Waals surface area (Å²) in [5, 5.41) is 8.51. The number of aromatic carboxylic acids is 1. The fourth-order valence-electron chi connectivity index (χ4n) is 1.08. The number of hydrogen-bond acceptors (Lipinski definition) is 2. The first-order valence-electron chi connectivity index (χ1n) is 5.59. The number of hydrogen-bond donors (Lipinski definition) is 1. The van der Waals surface area contributed by atoms with Crippen molar-refractivity contribution in [2.75, 3.05) is 13.0 Å². The highest BCUT2D eigenvalue weighted by Gasteiger charge is 2.00. The molecule has 0 spiro atoms. The molecule has 0 amide bonds. The molecule has 0 unspecified atom stereocenters. The summed E-state index contributed by atoms with van der Waals surface area (Å²) in [4.78, 5) is 10.4. The van der Waals surface area contributed by atoms with Gasteiger partial charge in [0.2, 0.25) is 0 Å². The zero-order valence-corrected chi connectivity index (χ0v) is 11.0. The molecule has 1 rings (SSSR count). The van der Waals surface area contributed by atoms with Crippen LogP contribution in [0.4, 0.5) is 0 Å². The quantitative estimate of drug-likeness (QED) is 0.645. The molecule has 0 saturated heterocycles. The Hall–Kier alpha value is -1.22. The van der Waals surface area contributed by atoms with E-state index in [1.165, 1.54) is 38.5 Å².